The topological polar surface area (TPSA) is 49.6 Å². The molecular weight excluding hydrogens is 209 g/mol. The number of carbonyl (C=O) groups excluding carboxylic acids is 1. The van der Waals surface area contributed by atoms with Crippen LogP contribution in [0.25, 0.3) is 0 Å². The summed E-state index contributed by atoms with van der Waals surface area (Å²) in [5.74, 6) is -0.359. The van der Waals surface area contributed by atoms with Crippen molar-refractivity contribution in [3.63, 3.8) is 0 Å². The standard InChI is InChI=1S/C11H14FN3O/c1-14-5-6-15(11(14)16)7-8-9(12)3-2-4-10(8)13/h2-4H,5-7,13H2,1H3. The van der Waals surface area contributed by atoms with E-state index in [1.165, 1.54) is 6.07 Å². The lowest BCUT2D eigenvalue weighted by Gasteiger charge is -2.17. The molecule has 0 atom stereocenters. The Kier molecular flexibility index (Phi) is 2.68. The number of benzene rings is 1. The summed E-state index contributed by atoms with van der Waals surface area (Å²) in [4.78, 5) is 14.8. The van der Waals surface area contributed by atoms with Gasteiger partial charge in [0.15, 0.2) is 0 Å². The zero-order valence-corrected chi connectivity index (χ0v) is 9.11. The Labute approximate surface area is 93.4 Å². The van der Waals surface area contributed by atoms with Crippen molar-refractivity contribution in [1.82, 2.24) is 9.80 Å². The van der Waals surface area contributed by atoms with Crippen LogP contribution >= 0.6 is 0 Å². The molecule has 1 aliphatic rings. The van der Waals surface area contributed by atoms with Crippen LogP contribution in [0.15, 0.2) is 18.2 Å². The van der Waals surface area contributed by atoms with E-state index in [1.807, 2.05) is 0 Å². The Hall–Kier alpha value is -1.78. The summed E-state index contributed by atoms with van der Waals surface area (Å²) in [5, 5.41) is 0. The first-order valence-electron chi connectivity index (χ1n) is 5.12. The van der Waals surface area contributed by atoms with E-state index in [2.05, 4.69) is 0 Å². The molecule has 1 aromatic carbocycles. The van der Waals surface area contributed by atoms with E-state index >= 15 is 0 Å². The summed E-state index contributed by atoms with van der Waals surface area (Å²) in [7, 11) is 1.73. The minimum atomic E-state index is -0.359. The Morgan fingerprint density at radius 1 is 1.44 bits per heavy atom. The molecule has 86 valence electrons. The predicted octanol–water partition coefficient (Wildman–Crippen LogP) is 1.28. The molecule has 0 spiro atoms. The van der Waals surface area contributed by atoms with Crippen molar-refractivity contribution in [2.24, 2.45) is 0 Å². The van der Waals surface area contributed by atoms with E-state index in [4.69, 9.17) is 5.73 Å². The maximum atomic E-state index is 13.5. The predicted molar refractivity (Wildman–Crippen MR) is 59.2 cm³/mol. The van der Waals surface area contributed by atoms with Gasteiger partial charge in [0.25, 0.3) is 0 Å². The average Bonchev–Trinajstić information content (AvgIpc) is 2.55. The number of likely N-dealkylation sites (N-methyl/N-ethyl adjacent to an activating group) is 1. The van der Waals surface area contributed by atoms with Crippen LogP contribution in [0.4, 0.5) is 14.9 Å². The van der Waals surface area contributed by atoms with E-state index in [1.54, 1.807) is 29.0 Å². The SMILES string of the molecule is CN1CCN(Cc2c(N)cccc2F)C1=O. The number of carbonyl (C=O) groups is 1. The molecular formula is C11H14FN3O. The lowest BCUT2D eigenvalue weighted by Crippen LogP contribution is -2.29. The summed E-state index contributed by atoms with van der Waals surface area (Å²) in [5.41, 5.74) is 6.47. The third kappa shape index (κ3) is 1.80. The zero-order valence-electron chi connectivity index (χ0n) is 9.11. The third-order valence-corrected chi connectivity index (χ3v) is 2.81. The maximum Gasteiger partial charge on any atom is 0.320 e. The minimum Gasteiger partial charge on any atom is -0.398 e. The van der Waals surface area contributed by atoms with Gasteiger partial charge in [0, 0.05) is 31.4 Å². The summed E-state index contributed by atoms with van der Waals surface area (Å²) in [6, 6.07) is 4.48. The van der Waals surface area contributed by atoms with Crippen molar-refractivity contribution in [3.8, 4) is 0 Å². The van der Waals surface area contributed by atoms with Gasteiger partial charge in [0.1, 0.15) is 5.82 Å². The van der Waals surface area contributed by atoms with E-state index in [0.29, 0.717) is 24.3 Å². The maximum absolute atomic E-state index is 13.5. The second-order valence-corrected chi connectivity index (χ2v) is 3.93. The largest absolute Gasteiger partial charge is 0.398 e. The summed E-state index contributed by atoms with van der Waals surface area (Å²) >= 11 is 0. The molecule has 1 aromatic rings. The normalized spacial score (nSPS) is 16.0. The Morgan fingerprint density at radius 3 is 2.75 bits per heavy atom. The Balaban J connectivity index is 2.19. The number of nitrogen functional groups attached to an aromatic ring is 1. The second kappa shape index (κ2) is 4.00. The van der Waals surface area contributed by atoms with Gasteiger partial charge in [-0.15, -0.1) is 0 Å². The molecule has 0 bridgehead atoms. The molecule has 2 N–H and O–H groups in total. The first kappa shape index (κ1) is 10.7. The van der Waals surface area contributed by atoms with Gasteiger partial charge in [-0.3, -0.25) is 0 Å². The first-order chi connectivity index (χ1) is 7.59. The fourth-order valence-corrected chi connectivity index (χ4v) is 1.78. The molecule has 1 fully saturated rings. The quantitative estimate of drug-likeness (QED) is 0.768. The van der Waals surface area contributed by atoms with E-state index in [-0.39, 0.29) is 18.4 Å². The lowest BCUT2D eigenvalue weighted by molar-refractivity contribution is 0.196. The van der Waals surface area contributed by atoms with Crippen LogP contribution in [0.5, 0.6) is 0 Å². The highest BCUT2D eigenvalue weighted by molar-refractivity contribution is 5.76. The lowest BCUT2D eigenvalue weighted by atomic mass is 10.1. The molecule has 1 aliphatic heterocycles. The molecule has 1 heterocycles. The van der Waals surface area contributed by atoms with Crippen LogP contribution in [0, 0.1) is 5.82 Å². The highest BCUT2D eigenvalue weighted by atomic mass is 19.1. The van der Waals surface area contributed by atoms with Crippen LogP contribution in [0.2, 0.25) is 0 Å². The number of halogens is 1. The van der Waals surface area contributed by atoms with Crippen molar-refractivity contribution in [2.75, 3.05) is 25.9 Å². The number of urea groups is 1. The average molecular weight is 223 g/mol. The third-order valence-electron chi connectivity index (χ3n) is 2.81. The molecule has 16 heavy (non-hydrogen) atoms. The number of amides is 2. The Morgan fingerprint density at radius 2 is 2.19 bits per heavy atom. The van der Waals surface area contributed by atoms with Crippen LogP contribution in [-0.4, -0.2) is 36.0 Å². The number of nitrogens with two attached hydrogens (primary N) is 1. The number of nitrogens with zero attached hydrogens (tertiary/aromatic N) is 2. The minimum absolute atomic E-state index is 0.0809. The monoisotopic (exact) mass is 223 g/mol. The fraction of sp³-hybridized carbons (Fsp3) is 0.364. The molecule has 0 saturated carbocycles. The van der Waals surface area contributed by atoms with Crippen molar-refractivity contribution in [3.05, 3.63) is 29.6 Å². The highest BCUT2D eigenvalue weighted by Crippen LogP contribution is 2.19. The van der Waals surface area contributed by atoms with E-state index in [9.17, 15) is 9.18 Å². The number of rotatable bonds is 2. The van der Waals surface area contributed by atoms with Gasteiger partial charge >= 0.3 is 6.03 Å². The molecule has 0 unspecified atom stereocenters. The van der Waals surface area contributed by atoms with Gasteiger partial charge in [-0.2, -0.15) is 0 Å². The van der Waals surface area contributed by atoms with Crippen LogP contribution in [0.1, 0.15) is 5.56 Å². The van der Waals surface area contributed by atoms with Crippen molar-refractivity contribution in [1.29, 1.82) is 0 Å². The van der Waals surface area contributed by atoms with Crippen molar-refractivity contribution < 1.29 is 9.18 Å². The van der Waals surface area contributed by atoms with Gasteiger partial charge < -0.3 is 15.5 Å². The summed E-state index contributed by atoms with van der Waals surface area (Å²) in [6.45, 7) is 1.53. The zero-order chi connectivity index (χ0) is 11.7. The molecule has 5 heteroatoms. The van der Waals surface area contributed by atoms with Gasteiger partial charge in [-0.25, -0.2) is 9.18 Å². The summed E-state index contributed by atoms with van der Waals surface area (Å²) < 4.78 is 13.5. The molecule has 1 saturated heterocycles. The van der Waals surface area contributed by atoms with E-state index in [0.717, 1.165) is 0 Å². The molecule has 0 aliphatic carbocycles. The second-order valence-electron chi connectivity index (χ2n) is 3.93. The van der Waals surface area contributed by atoms with Gasteiger partial charge in [-0.05, 0) is 12.1 Å². The number of hydrogen-bond acceptors (Lipinski definition) is 2. The molecule has 4 nitrogen and oxygen atoms in total. The fourth-order valence-electron chi connectivity index (χ4n) is 1.78. The van der Waals surface area contributed by atoms with Crippen LogP contribution in [-0.2, 0) is 6.54 Å². The van der Waals surface area contributed by atoms with E-state index < -0.39 is 0 Å². The number of anilines is 1. The molecule has 2 amide bonds. The molecule has 2 rings (SSSR count). The summed E-state index contributed by atoms with van der Waals surface area (Å²) in [6.07, 6.45) is 0. The van der Waals surface area contributed by atoms with Crippen LogP contribution < -0.4 is 5.73 Å². The highest BCUT2D eigenvalue weighted by Gasteiger charge is 2.26. The smallest absolute Gasteiger partial charge is 0.320 e. The van der Waals surface area contributed by atoms with Crippen LogP contribution in [0.3, 0.4) is 0 Å². The molecule has 0 radical (unpaired) electrons. The Bertz CT molecular complexity index is 401. The van der Waals surface area contributed by atoms with Crippen molar-refractivity contribution in [2.45, 2.75) is 6.54 Å². The van der Waals surface area contributed by atoms with Crippen molar-refractivity contribution >= 4 is 11.7 Å². The van der Waals surface area contributed by atoms with Gasteiger partial charge in [0.05, 0.1) is 6.54 Å². The molecule has 0 aromatic heterocycles. The first-order valence-corrected chi connectivity index (χ1v) is 5.12. The van der Waals surface area contributed by atoms with Gasteiger partial charge in [-0.1, -0.05) is 6.07 Å². The van der Waals surface area contributed by atoms with Gasteiger partial charge in [0.2, 0.25) is 0 Å². The number of hydrogen-bond donors (Lipinski definition) is 1.